The fourth-order valence-corrected chi connectivity index (χ4v) is 3.26. The van der Waals surface area contributed by atoms with Gasteiger partial charge < -0.3 is 10.1 Å². The van der Waals surface area contributed by atoms with Crippen LogP contribution in [0.15, 0.2) is 11.0 Å². The van der Waals surface area contributed by atoms with Crippen LogP contribution in [0.4, 0.5) is 17.6 Å². The largest absolute Gasteiger partial charge is 0.366 e. The van der Waals surface area contributed by atoms with Crippen molar-refractivity contribution >= 4 is 22.8 Å². The van der Waals surface area contributed by atoms with Gasteiger partial charge in [0.05, 0.1) is 4.90 Å². The molecule has 170 valence electrons. The monoisotopic (exact) mass is 451 g/mol. The standard InChI is InChI=1S/C21H29F4NO3S/c1-13(2)9-11-29-21(3,4)20(28)26-10-7-5-6-8-16(27)30-19-17(24)14(22)12-15(23)18(19)25/h12-13H,5-11H2,1-4H3,(H,26,28). The number of nitrogens with one attached hydrogen (secondary N) is 1. The number of hydrogen-bond donors (Lipinski definition) is 1. The van der Waals surface area contributed by atoms with E-state index in [0.29, 0.717) is 38.3 Å². The minimum Gasteiger partial charge on any atom is -0.366 e. The molecular formula is C21H29F4NO3S. The smallest absolute Gasteiger partial charge is 0.251 e. The van der Waals surface area contributed by atoms with Crippen molar-refractivity contribution in [3.63, 3.8) is 0 Å². The maximum absolute atomic E-state index is 13.6. The number of carbonyl (C=O) groups excluding carboxylic acids is 2. The first kappa shape index (κ1) is 26.4. The first-order chi connectivity index (χ1) is 14.0. The summed E-state index contributed by atoms with van der Waals surface area (Å²) in [5.74, 6) is -5.98. The number of thioether (sulfide) groups is 1. The molecule has 0 heterocycles. The molecule has 30 heavy (non-hydrogen) atoms. The van der Waals surface area contributed by atoms with Gasteiger partial charge in [0, 0.05) is 25.6 Å². The number of hydrogen-bond acceptors (Lipinski definition) is 4. The van der Waals surface area contributed by atoms with Gasteiger partial charge in [-0.3, -0.25) is 9.59 Å². The summed E-state index contributed by atoms with van der Waals surface area (Å²) in [6.07, 6.45) is 2.45. The molecule has 0 unspecified atom stereocenters. The molecule has 1 aromatic rings. The van der Waals surface area contributed by atoms with Crippen LogP contribution in [0.1, 0.15) is 59.8 Å². The predicted octanol–water partition coefficient (Wildman–Crippen LogP) is 5.38. The number of rotatable bonds is 12. The number of halogens is 4. The van der Waals surface area contributed by atoms with Gasteiger partial charge in [-0.15, -0.1) is 0 Å². The van der Waals surface area contributed by atoms with Crippen LogP contribution >= 0.6 is 11.8 Å². The SMILES string of the molecule is CC(C)CCOC(C)(C)C(=O)NCCCCCC(=O)Sc1c(F)c(F)cc(F)c1F. The Kier molecular flexibility index (Phi) is 10.8. The highest BCUT2D eigenvalue weighted by atomic mass is 32.2. The lowest BCUT2D eigenvalue weighted by Gasteiger charge is -2.24. The van der Waals surface area contributed by atoms with E-state index in [1.54, 1.807) is 13.8 Å². The molecule has 0 saturated carbocycles. The molecule has 0 spiro atoms. The first-order valence-corrected chi connectivity index (χ1v) is 10.7. The molecule has 0 aliphatic carbocycles. The zero-order valence-electron chi connectivity index (χ0n) is 17.7. The Hall–Kier alpha value is -1.61. The molecule has 0 aliphatic heterocycles. The third-order valence-electron chi connectivity index (χ3n) is 4.34. The van der Waals surface area contributed by atoms with Gasteiger partial charge in [0.25, 0.3) is 5.91 Å². The van der Waals surface area contributed by atoms with Crippen molar-refractivity contribution in [2.24, 2.45) is 5.92 Å². The fourth-order valence-electron chi connectivity index (χ4n) is 2.41. The van der Waals surface area contributed by atoms with E-state index in [1.165, 1.54) is 0 Å². The quantitative estimate of drug-likeness (QED) is 0.201. The van der Waals surface area contributed by atoms with Crippen LogP contribution in [0.25, 0.3) is 0 Å². The van der Waals surface area contributed by atoms with Crippen molar-refractivity contribution in [3.05, 3.63) is 29.3 Å². The lowest BCUT2D eigenvalue weighted by Crippen LogP contribution is -2.44. The Morgan fingerprint density at radius 2 is 1.67 bits per heavy atom. The highest BCUT2D eigenvalue weighted by Crippen LogP contribution is 2.30. The van der Waals surface area contributed by atoms with Gasteiger partial charge in [-0.2, -0.15) is 0 Å². The normalized spacial score (nSPS) is 11.8. The molecule has 0 atom stereocenters. The number of amides is 1. The first-order valence-electron chi connectivity index (χ1n) is 9.91. The number of ether oxygens (including phenoxy) is 1. The minimum absolute atomic E-state index is 0.0145. The summed E-state index contributed by atoms with van der Waals surface area (Å²) in [5, 5.41) is 2.18. The molecule has 9 heteroatoms. The van der Waals surface area contributed by atoms with Gasteiger partial charge in [-0.05, 0) is 50.8 Å². The lowest BCUT2D eigenvalue weighted by atomic mass is 10.1. The molecule has 0 aromatic heterocycles. The van der Waals surface area contributed by atoms with Crippen LogP contribution in [0.3, 0.4) is 0 Å². The Morgan fingerprint density at radius 3 is 2.23 bits per heavy atom. The number of benzene rings is 1. The van der Waals surface area contributed by atoms with E-state index in [2.05, 4.69) is 19.2 Å². The molecule has 1 N–H and O–H groups in total. The second-order valence-electron chi connectivity index (χ2n) is 7.88. The van der Waals surface area contributed by atoms with Crippen molar-refractivity contribution in [1.82, 2.24) is 5.32 Å². The van der Waals surface area contributed by atoms with E-state index in [9.17, 15) is 27.2 Å². The summed E-state index contributed by atoms with van der Waals surface area (Å²) in [6, 6.07) is 0.101. The highest BCUT2D eigenvalue weighted by molar-refractivity contribution is 8.13. The summed E-state index contributed by atoms with van der Waals surface area (Å²) < 4.78 is 59.1. The summed E-state index contributed by atoms with van der Waals surface area (Å²) in [5.41, 5.74) is -0.935. The molecule has 1 amide bonds. The molecule has 1 aromatic carbocycles. The molecule has 0 saturated heterocycles. The average molecular weight is 452 g/mol. The Labute approximate surface area is 179 Å². The van der Waals surface area contributed by atoms with E-state index in [-0.39, 0.29) is 30.2 Å². The van der Waals surface area contributed by atoms with Crippen molar-refractivity contribution in [2.45, 2.75) is 70.3 Å². The molecule has 1 rings (SSSR count). The second kappa shape index (κ2) is 12.3. The molecule has 0 radical (unpaired) electrons. The summed E-state index contributed by atoms with van der Waals surface area (Å²) >= 11 is 0.152. The van der Waals surface area contributed by atoms with E-state index in [1.807, 2.05) is 0 Å². The van der Waals surface area contributed by atoms with Crippen molar-refractivity contribution in [2.75, 3.05) is 13.2 Å². The highest BCUT2D eigenvalue weighted by Gasteiger charge is 2.28. The molecule has 0 fully saturated rings. The lowest BCUT2D eigenvalue weighted by molar-refractivity contribution is -0.143. The number of carbonyl (C=O) groups is 2. The third-order valence-corrected chi connectivity index (χ3v) is 5.33. The van der Waals surface area contributed by atoms with E-state index in [0.717, 1.165) is 6.42 Å². The fraction of sp³-hybridized carbons (Fsp3) is 0.619. The zero-order valence-corrected chi connectivity index (χ0v) is 18.6. The second-order valence-corrected chi connectivity index (χ2v) is 8.95. The maximum Gasteiger partial charge on any atom is 0.251 e. The summed E-state index contributed by atoms with van der Waals surface area (Å²) in [6.45, 7) is 8.44. The van der Waals surface area contributed by atoms with Crippen molar-refractivity contribution < 1.29 is 31.9 Å². The topological polar surface area (TPSA) is 55.4 Å². The molecule has 0 aliphatic rings. The predicted molar refractivity (Wildman–Crippen MR) is 108 cm³/mol. The maximum atomic E-state index is 13.6. The van der Waals surface area contributed by atoms with Gasteiger partial charge >= 0.3 is 0 Å². The van der Waals surface area contributed by atoms with E-state index >= 15 is 0 Å². The molecular weight excluding hydrogens is 422 g/mol. The third kappa shape index (κ3) is 8.63. The zero-order chi connectivity index (χ0) is 22.9. The van der Waals surface area contributed by atoms with E-state index in [4.69, 9.17) is 4.74 Å². The van der Waals surface area contributed by atoms with Crippen LogP contribution in [-0.4, -0.2) is 29.8 Å². The van der Waals surface area contributed by atoms with Crippen LogP contribution in [-0.2, 0) is 14.3 Å². The van der Waals surface area contributed by atoms with Crippen LogP contribution in [0, 0.1) is 29.2 Å². The average Bonchev–Trinajstić information content (AvgIpc) is 2.65. The van der Waals surface area contributed by atoms with Gasteiger partial charge in [0.15, 0.2) is 28.4 Å². The Bertz CT molecular complexity index is 715. The van der Waals surface area contributed by atoms with Gasteiger partial charge in [0.1, 0.15) is 5.60 Å². The van der Waals surface area contributed by atoms with Crippen LogP contribution in [0.2, 0.25) is 0 Å². The van der Waals surface area contributed by atoms with Gasteiger partial charge in [-0.25, -0.2) is 17.6 Å². The Morgan fingerprint density at radius 1 is 1.07 bits per heavy atom. The van der Waals surface area contributed by atoms with Gasteiger partial charge in [0.2, 0.25) is 0 Å². The molecule has 0 bridgehead atoms. The van der Waals surface area contributed by atoms with Crippen LogP contribution < -0.4 is 5.32 Å². The van der Waals surface area contributed by atoms with Crippen molar-refractivity contribution in [1.29, 1.82) is 0 Å². The van der Waals surface area contributed by atoms with Crippen LogP contribution in [0.5, 0.6) is 0 Å². The minimum atomic E-state index is -1.58. The summed E-state index contributed by atoms with van der Waals surface area (Å²) in [7, 11) is 0. The number of unbranched alkanes of at least 4 members (excludes halogenated alkanes) is 2. The Balaban J connectivity index is 2.30. The van der Waals surface area contributed by atoms with E-state index < -0.39 is 38.9 Å². The van der Waals surface area contributed by atoms with Gasteiger partial charge in [-0.1, -0.05) is 20.3 Å². The molecule has 4 nitrogen and oxygen atoms in total. The van der Waals surface area contributed by atoms with Crippen molar-refractivity contribution in [3.8, 4) is 0 Å². The summed E-state index contributed by atoms with van der Waals surface area (Å²) in [4.78, 5) is 23.1.